The molecule has 1 aliphatic rings. The van der Waals surface area contributed by atoms with Gasteiger partial charge in [0.15, 0.2) is 0 Å². The number of piperazine rings is 1. The first kappa shape index (κ1) is 24.7. The molecule has 3 aromatic rings. The highest BCUT2D eigenvalue weighted by atomic mass is 32.2. The number of rotatable bonds is 8. The van der Waals surface area contributed by atoms with Gasteiger partial charge in [-0.05, 0) is 67.6 Å². The summed E-state index contributed by atoms with van der Waals surface area (Å²) in [6.45, 7) is 4.12. The van der Waals surface area contributed by atoms with Crippen molar-refractivity contribution in [3.8, 4) is 5.75 Å². The lowest BCUT2D eigenvalue weighted by atomic mass is 10.1. The highest BCUT2D eigenvalue weighted by molar-refractivity contribution is 7.89. The second-order valence-electron chi connectivity index (χ2n) is 8.46. The second-order valence-corrected chi connectivity index (χ2v) is 10.2. The van der Waals surface area contributed by atoms with Crippen molar-refractivity contribution in [2.24, 2.45) is 0 Å². The predicted molar refractivity (Wildman–Crippen MR) is 138 cm³/mol. The first-order valence-corrected chi connectivity index (χ1v) is 13.0. The molecule has 1 aliphatic heterocycles. The van der Waals surface area contributed by atoms with Crippen molar-refractivity contribution in [1.82, 2.24) is 9.62 Å². The molecule has 0 aromatic heterocycles. The Balaban J connectivity index is 1.24. The lowest BCUT2D eigenvalue weighted by Gasteiger charge is -2.34. The van der Waals surface area contributed by atoms with Crippen molar-refractivity contribution >= 4 is 27.5 Å². The summed E-state index contributed by atoms with van der Waals surface area (Å²) in [7, 11) is -1.49. The third-order valence-corrected chi connectivity index (χ3v) is 7.35. The van der Waals surface area contributed by atoms with Crippen LogP contribution in [0.15, 0.2) is 83.8 Å². The van der Waals surface area contributed by atoms with Crippen molar-refractivity contribution < 1.29 is 17.9 Å². The van der Waals surface area contributed by atoms with Gasteiger partial charge in [0, 0.05) is 44.1 Å². The van der Waals surface area contributed by atoms with Gasteiger partial charge in [-0.2, -0.15) is 0 Å². The summed E-state index contributed by atoms with van der Waals surface area (Å²) in [5.74, 6) is 0.406. The third-order valence-electron chi connectivity index (χ3n) is 5.88. The summed E-state index contributed by atoms with van der Waals surface area (Å²) in [6, 6.07) is 23.1. The Kier molecular flexibility index (Phi) is 8.02. The Hall–Kier alpha value is -3.40. The lowest BCUT2D eigenvalue weighted by Crippen LogP contribution is -2.44. The molecule has 3 aromatic carbocycles. The number of nitrogens with one attached hydrogen (secondary N) is 2. The van der Waals surface area contributed by atoms with Crippen LogP contribution in [0.3, 0.4) is 0 Å². The molecule has 0 saturated carbocycles. The molecular weight excluding hydrogens is 464 g/mol. The van der Waals surface area contributed by atoms with Crippen LogP contribution in [-0.2, 0) is 16.4 Å². The fourth-order valence-electron chi connectivity index (χ4n) is 3.81. The summed E-state index contributed by atoms with van der Waals surface area (Å²) in [5.41, 5.74) is 2.61. The molecule has 0 spiro atoms. The number of para-hydroxylation sites is 1. The van der Waals surface area contributed by atoms with Crippen LogP contribution in [0.25, 0.3) is 0 Å². The Labute approximate surface area is 206 Å². The predicted octanol–water partition coefficient (Wildman–Crippen LogP) is 3.57. The molecule has 184 valence electrons. The Bertz CT molecular complexity index is 1210. The van der Waals surface area contributed by atoms with Crippen molar-refractivity contribution in [2.75, 3.05) is 50.0 Å². The van der Waals surface area contributed by atoms with Gasteiger partial charge in [-0.15, -0.1) is 0 Å². The molecule has 9 heteroatoms. The number of carbonyl (C=O) groups is 1. The number of anilines is 2. The molecule has 35 heavy (non-hydrogen) atoms. The van der Waals surface area contributed by atoms with Gasteiger partial charge < -0.3 is 14.5 Å². The zero-order chi connectivity index (χ0) is 24.7. The first-order chi connectivity index (χ1) is 16.9. The van der Waals surface area contributed by atoms with E-state index in [0.717, 1.165) is 37.4 Å². The summed E-state index contributed by atoms with van der Waals surface area (Å²) in [5, 5.41) is 2.65. The topological polar surface area (TPSA) is 91.0 Å². The third kappa shape index (κ3) is 7.05. The summed E-state index contributed by atoms with van der Waals surface area (Å²) < 4.78 is 33.3. The molecule has 4 rings (SSSR count). The van der Waals surface area contributed by atoms with Crippen molar-refractivity contribution in [2.45, 2.75) is 11.3 Å². The van der Waals surface area contributed by atoms with Crippen molar-refractivity contribution in [3.05, 3.63) is 84.4 Å². The summed E-state index contributed by atoms with van der Waals surface area (Å²) in [4.78, 5) is 16.8. The average molecular weight is 495 g/mol. The van der Waals surface area contributed by atoms with Gasteiger partial charge in [0.1, 0.15) is 5.75 Å². The molecule has 0 atom stereocenters. The lowest BCUT2D eigenvalue weighted by molar-refractivity contribution is 0.215. The van der Waals surface area contributed by atoms with E-state index >= 15 is 0 Å². The van der Waals surface area contributed by atoms with Crippen LogP contribution in [0.5, 0.6) is 5.75 Å². The van der Waals surface area contributed by atoms with Gasteiger partial charge in [-0.3, -0.25) is 5.32 Å². The molecular formula is C26H30N4O4S. The quantitative estimate of drug-likeness (QED) is 0.498. The zero-order valence-electron chi connectivity index (χ0n) is 19.7. The van der Waals surface area contributed by atoms with Crippen LogP contribution in [0.2, 0.25) is 0 Å². The Morgan fingerprint density at radius 2 is 1.54 bits per heavy atom. The van der Waals surface area contributed by atoms with E-state index in [1.54, 1.807) is 36.4 Å². The summed E-state index contributed by atoms with van der Waals surface area (Å²) >= 11 is 0. The van der Waals surface area contributed by atoms with E-state index in [2.05, 4.69) is 26.9 Å². The molecule has 1 fully saturated rings. The van der Waals surface area contributed by atoms with Gasteiger partial charge in [0.25, 0.3) is 0 Å². The molecule has 0 radical (unpaired) electrons. The maximum Gasteiger partial charge on any atom is 0.417 e. The molecule has 2 N–H and O–H groups in total. The number of likely N-dealkylation sites (N-methyl/N-ethyl adjacent to an activating group) is 1. The minimum absolute atomic E-state index is 0.253. The highest BCUT2D eigenvalue weighted by Crippen LogP contribution is 2.19. The fourth-order valence-corrected chi connectivity index (χ4v) is 4.84. The SMILES string of the molecule is CN1CCN(c2ccc(S(=O)(=O)NCCc3ccc(OC(=O)Nc4ccccc4)cc3)cc2)CC1. The van der Waals surface area contributed by atoms with Crippen LogP contribution < -0.4 is 19.7 Å². The van der Waals surface area contributed by atoms with Crippen LogP contribution in [-0.4, -0.2) is 59.2 Å². The van der Waals surface area contributed by atoms with E-state index in [4.69, 9.17) is 4.74 Å². The fraction of sp³-hybridized carbons (Fsp3) is 0.269. The van der Waals surface area contributed by atoms with Gasteiger partial charge in [0.2, 0.25) is 10.0 Å². The second kappa shape index (κ2) is 11.4. The van der Waals surface area contributed by atoms with E-state index in [1.165, 1.54) is 0 Å². The number of benzene rings is 3. The number of sulfonamides is 1. The largest absolute Gasteiger partial charge is 0.417 e. The van der Waals surface area contributed by atoms with Crippen molar-refractivity contribution in [1.29, 1.82) is 0 Å². The normalized spacial score (nSPS) is 14.5. The maximum absolute atomic E-state index is 12.7. The molecule has 1 amide bonds. The van der Waals surface area contributed by atoms with E-state index in [-0.39, 0.29) is 11.4 Å². The van der Waals surface area contributed by atoms with Crippen LogP contribution in [0.4, 0.5) is 16.2 Å². The van der Waals surface area contributed by atoms with E-state index in [0.29, 0.717) is 17.9 Å². The molecule has 1 saturated heterocycles. The average Bonchev–Trinajstić information content (AvgIpc) is 2.86. The standard InChI is InChI=1S/C26H30N4O4S/c1-29-17-19-30(20-18-29)23-9-13-25(14-10-23)35(32,33)27-16-15-21-7-11-24(12-8-21)34-26(31)28-22-5-3-2-4-6-22/h2-14,27H,15-20H2,1H3,(H,28,31). The van der Waals surface area contributed by atoms with Gasteiger partial charge in [-0.1, -0.05) is 30.3 Å². The number of hydrogen-bond acceptors (Lipinski definition) is 6. The summed E-state index contributed by atoms with van der Waals surface area (Å²) in [6.07, 6.45) is -0.0647. The van der Waals surface area contributed by atoms with Crippen LogP contribution in [0, 0.1) is 0 Å². The first-order valence-electron chi connectivity index (χ1n) is 11.6. The molecule has 0 aliphatic carbocycles. The minimum atomic E-state index is -3.59. The smallest absolute Gasteiger partial charge is 0.410 e. The number of amides is 1. The van der Waals surface area contributed by atoms with Crippen LogP contribution in [0.1, 0.15) is 5.56 Å². The molecule has 1 heterocycles. The molecule has 0 bridgehead atoms. The highest BCUT2D eigenvalue weighted by Gasteiger charge is 2.17. The zero-order valence-corrected chi connectivity index (χ0v) is 20.5. The number of hydrogen-bond donors (Lipinski definition) is 2. The Morgan fingerprint density at radius 1 is 0.886 bits per heavy atom. The Morgan fingerprint density at radius 3 is 2.20 bits per heavy atom. The monoisotopic (exact) mass is 494 g/mol. The van der Waals surface area contributed by atoms with E-state index in [9.17, 15) is 13.2 Å². The number of nitrogens with zero attached hydrogens (tertiary/aromatic N) is 2. The number of carbonyl (C=O) groups excluding carboxylic acids is 1. The maximum atomic E-state index is 12.7. The van der Waals surface area contributed by atoms with Gasteiger partial charge >= 0.3 is 6.09 Å². The molecule has 0 unspecified atom stereocenters. The van der Waals surface area contributed by atoms with Gasteiger partial charge in [-0.25, -0.2) is 17.9 Å². The molecule has 8 nitrogen and oxygen atoms in total. The van der Waals surface area contributed by atoms with Crippen molar-refractivity contribution in [3.63, 3.8) is 0 Å². The van der Waals surface area contributed by atoms with E-state index < -0.39 is 16.1 Å². The van der Waals surface area contributed by atoms with E-state index in [1.807, 2.05) is 42.5 Å². The number of ether oxygens (including phenoxy) is 1. The van der Waals surface area contributed by atoms with Crippen LogP contribution >= 0.6 is 0 Å². The van der Waals surface area contributed by atoms with Gasteiger partial charge in [0.05, 0.1) is 4.90 Å². The minimum Gasteiger partial charge on any atom is -0.410 e.